The van der Waals surface area contributed by atoms with Crippen molar-refractivity contribution in [2.75, 3.05) is 5.48 Å². The summed E-state index contributed by atoms with van der Waals surface area (Å²) in [6.45, 7) is 3.35. The van der Waals surface area contributed by atoms with Crippen LogP contribution in [0.25, 0.3) is 0 Å². The first kappa shape index (κ1) is 17.3. The molecule has 0 radical (unpaired) electrons. The van der Waals surface area contributed by atoms with E-state index >= 15 is 0 Å². The van der Waals surface area contributed by atoms with E-state index in [1.807, 2.05) is 0 Å². The van der Waals surface area contributed by atoms with E-state index in [1.54, 1.807) is 26.0 Å². The standard InChI is InChI=1S/C14H15Cl2NO4/c1-3-9(13(18)19)10(4-2)14(20)21-17-8-5-6-11(15)12(16)7-8/h5-7,17H,3-4H2,1-2H3,(H,18,19). The third kappa shape index (κ3) is 4.65. The highest BCUT2D eigenvalue weighted by molar-refractivity contribution is 6.42. The Morgan fingerprint density at radius 3 is 2.24 bits per heavy atom. The average Bonchev–Trinajstić information content (AvgIpc) is 2.45. The molecule has 21 heavy (non-hydrogen) atoms. The smallest absolute Gasteiger partial charge is 0.359 e. The van der Waals surface area contributed by atoms with Crippen molar-refractivity contribution in [1.29, 1.82) is 0 Å². The maximum atomic E-state index is 11.9. The summed E-state index contributed by atoms with van der Waals surface area (Å²) in [4.78, 5) is 27.9. The number of halogens is 2. The second-order valence-corrected chi connectivity index (χ2v) is 4.90. The molecule has 0 amide bonds. The molecule has 0 saturated carbocycles. The summed E-state index contributed by atoms with van der Waals surface area (Å²) in [6.07, 6.45) is 0.498. The largest absolute Gasteiger partial charge is 0.478 e. The van der Waals surface area contributed by atoms with Crippen LogP contribution in [0.2, 0.25) is 10.0 Å². The van der Waals surface area contributed by atoms with Crippen LogP contribution in [0.15, 0.2) is 29.3 Å². The lowest BCUT2D eigenvalue weighted by molar-refractivity contribution is -0.138. The van der Waals surface area contributed by atoms with Gasteiger partial charge in [0.1, 0.15) is 0 Å². The van der Waals surface area contributed by atoms with Crippen LogP contribution >= 0.6 is 23.2 Å². The average molecular weight is 332 g/mol. The van der Waals surface area contributed by atoms with Crippen molar-refractivity contribution >= 4 is 40.8 Å². The van der Waals surface area contributed by atoms with Crippen LogP contribution in [-0.2, 0) is 14.4 Å². The molecule has 0 spiro atoms. The van der Waals surface area contributed by atoms with Crippen molar-refractivity contribution in [3.63, 3.8) is 0 Å². The van der Waals surface area contributed by atoms with Gasteiger partial charge in [0.05, 0.1) is 15.7 Å². The van der Waals surface area contributed by atoms with Gasteiger partial charge in [-0.05, 0) is 31.0 Å². The molecule has 1 aromatic rings. The van der Waals surface area contributed by atoms with Crippen molar-refractivity contribution in [2.45, 2.75) is 26.7 Å². The minimum Gasteiger partial charge on any atom is -0.478 e. The molecule has 0 atom stereocenters. The summed E-state index contributed by atoms with van der Waals surface area (Å²) >= 11 is 11.6. The van der Waals surface area contributed by atoms with Gasteiger partial charge in [-0.2, -0.15) is 0 Å². The lowest BCUT2D eigenvalue weighted by Gasteiger charge is -2.11. The first-order valence-corrected chi connectivity index (χ1v) is 7.03. The molecular weight excluding hydrogens is 317 g/mol. The number of aliphatic carboxylic acids is 1. The van der Waals surface area contributed by atoms with Crippen LogP contribution in [0.4, 0.5) is 5.69 Å². The molecule has 1 aromatic carbocycles. The summed E-state index contributed by atoms with van der Waals surface area (Å²) < 4.78 is 0. The van der Waals surface area contributed by atoms with E-state index in [0.29, 0.717) is 15.7 Å². The molecule has 0 aliphatic rings. The summed E-state index contributed by atoms with van der Waals surface area (Å²) in [5.74, 6) is -1.86. The zero-order chi connectivity index (χ0) is 16.0. The maximum Gasteiger partial charge on any atom is 0.359 e. The summed E-state index contributed by atoms with van der Waals surface area (Å²) in [7, 11) is 0. The number of carboxylic acid groups (broad SMARTS) is 1. The molecule has 0 unspecified atom stereocenters. The normalized spacial score (nSPS) is 11.6. The van der Waals surface area contributed by atoms with E-state index in [4.69, 9.17) is 33.1 Å². The number of carbonyl (C=O) groups excluding carboxylic acids is 1. The molecule has 2 N–H and O–H groups in total. The molecule has 0 aliphatic carbocycles. The Kier molecular flexibility index (Phi) is 6.52. The molecule has 1 rings (SSSR count). The van der Waals surface area contributed by atoms with Crippen LogP contribution < -0.4 is 5.48 Å². The van der Waals surface area contributed by atoms with Gasteiger partial charge in [-0.15, -0.1) is 0 Å². The first-order chi connectivity index (χ1) is 9.90. The predicted molar refractivity (Wildman–Crippen MR) is 81.4 cm³/mol. The van der Waals surface area contributed by atoms with Gasteiger partial charge in [0.15, 0.2) is 0 Å². The highest BCUT2D eigenvalue weighted by Gasteiger charge is 2.19. The van der Waals surface area contributed by atoms with Crippen molar-refractivity contribution in [3.05, 3.63) is 39.4 Å². The first-order valence-electron chi connectivity index (χ1n) is 6.28. The topological polar surface area (TPSA) is 75.6 Å². The van der Waals surface area contributed by atoms with E-state index < -0.39 is 11.9 Å². The Morgan fingerprint density at radius 1 is 1.14 bits per heavy atom. The number of carboxylic acids is 1. The Hall–Kier alpha value is -1.72. The molecule has 0 aromatic heterocycles. The monoisotopic (exact) mass is 331 g/mol. The molecule has 7 heteroatoms. The predicted octanol–water partition coefficient (Wildman–Crippen LogP) is 4.06. The Labute approximate surface area is 132 Å². The fraction of sp³-hybridized carbons (Fsp3) is 0.286. The van der Waals surface area contributed by atoms with Gasteiger partial charge >= 0.3 is 11.9 Å². The van der Waals surface area contributed by atoms with Crippen LogP contribution in [0, 0.1) is 0 Å². The molecule has 0 bridgehead atoms. The number of hydrogen-bond donors (Lipinski definition) is 2. The summed E-state index contributed by atoms with van der Waals surface area (Å²) in [5.41, 5.74) is 3.02. The highest BCUT2D eigenvalue weighted by Crippen LogP contribution is 2.25. The number of carbonyl (C=O) groups is 2. The van der Waals surface area contributed by atoms with Gasteiger partial charge in [0.2, 0.25) is 0 Å². The molecule has 114 valence electrons. The van der Waals surface area contributed by atoms with Crippen molar-refractivity contribution in [3.8, 4) is 0 Å². The van der Waals surface area contributed by atoms with E-state index in [-0.39, 0.29) is 24.0 Å². The Bertz CT molecular complexity index is 584. The number of nitrogens with one attached hydrogen (secondary N) is 1. The van der Waals surface area contributed by atoms with Crippen molar-refractivity contribution in [2.24, 2.45) is 0 Å². The summed E-state index contributed by atoms with van der Waals surface area (Å²) in [6, 6.07) is 4.62. The lowest BCUT2D eigenvalue weighted by Crippen LogP contribution is -2.17. The molecule has 5 nitrogen and oxygen atoms in total. The maximum absolute atomic E-state index is 11.9. The molecular formula is C14H15Cl2NO4. The minimum atomic E-state index is -1.12. The summed E-state index contributed by atoms with van der Waals surface area (Å²) in [5, 5.41) is 9.74. The zero-order valence-electron chi connectivity index (χ0n) is 11.6. The second-order valence-electron chi connectivity index (χ2n) is 4.09. The lowest BCUT2D eigenvalue weighted by atomic mass is 10.0. The van der Waals surface area contributed by atoms with Gasteiger partial charge in [-0.1, -0.05) is 37.0 Å². The Balaban J connectivity index is 2.84. The van der Waals surface area contributed by atoms with Crippen LogP contribution in [-0.4, -0.2) is 17.0 Å². The Morgan fingerprint density at radius 2 is 1.76 bits per heavy atom. The third-order valence-electron chi connectivity index (χ3n) is 2.76. The van der Waals surface area contributed by atoms with Crippen molar-refractivity contribution in [1.82, 2.24) is 0 Å². The number of rotatable bonds is 6. The zero-order valence-corrected chi connectivity index (χ0v) is 13.1. The molecule has 0 fully saturated rings. The third-order valence-corrected chi connectivity index (χ3v) is 3.50. The fourth-order valence-electron chi connectivity index (χ4n) is 1.70. The van der Waals surface area contributed by atoms with E-state index in [9.17, 15) is 9.59 Å². The van der Waals surface area contributed by atoms with Gasteiger partial charge in [-0.25, -0.2) is 15.1 Å². The van der Waals surface area contributed by atoms with Gasteiger partial charge in [-0.3, -0.25) is 0 Å². The van der Waals surface area contributed by atoms with Crippen LogP contribution in [0.5, 0.6) is 0 Å². The number of benzene rings is 1. The fourth-order valence-corrected chi connectivity index (χ4v) is 2.00. The number of anilines is 1. The van der Waals surface area contributed by atoms with E-state index in [0.717, 1.165) is 0 Å². The van der Waals surface area contributed by atoms with E-state index in [2.05, 4.69) is 5.48 Å². The minimum absolute atomic E-state index is 0.0402. The van der Waals surface area contributed by atoms with Crippen LogP contribution in [0.1, 0.15) is 26.7 Å². The highest BCUT2D eigenvalue weighted by atomic mass is 35.5. The molecule has 0 aliphatic heterocycles. The number of hydrogen-bond acceptors (Lipinski definition) is 4. The van der Waals surface area contributed by atoms with Crippen molar-refractivity contribution < 1.29 is 19.5 Å². The SMILES string of the molecule is CCC(C(=O)O)=C(CC)C(=O)ONc1ccc(Cl)c(Cl)c1. The molecule has 0 heterocycles. The molecule has 0 saturated heterocycles. The van der Waals surface area contributed by atoms with Crippen LogP contribution in [0.3, 0.4) is 0 Å². The van der Waals surface area contributed by atoms with E-state index in [1.165, 1.54) is 6.07 Å². The van der Waals surface area contributed by atoms with Gasteiger partial charge in [0.25, 0.3) is 0 Å². The second kappa shape index (κ2) is 7.90. The quantitative estimate of drug-likeness (QED) is 0.607. The van der Waals surface area contributed by atoms with Gasteiger partial charge < -0.3 is 9.94 Å². The van der Waals surface area contributed by atoms with Gasteiger partial charge in [0, 0.05) is 11.1 Å².